The van der Waals surface area contributed by atoms with Crippen molar-refractivity contribution in [1.82, 2.24) is 19.7 Å². The number of benzene rings is 2. The number of aromatic amines is 1. The third-order valence-corrected chi connectivity index (χ3v) is 6.99. The predicted octanol–water partition coefficient (Wildman–Crippen LogP) is 5.24. The molecule has 2 heterocycles. The molecule has 0 fully saturated rings. The van der Waals surface area contributed by atoms with Gasteiger partial charge in [-0.05, 0) is 69.0 Å². The highest BCUT2D eigenvalue weighted by molar-refractivity contribution is 7.98. The van der Waals surface area contributed by atoms with Crippen molar-refractivity contribution in [3.8, 4) is 5.75 Å². The van der Waals surface area contributed by atoms with Crippen molar-refractivity contribution in [2.24, 2.45) is 0 Å². The van der Waals surface area contributed by atoms with Crippen LogP contribution in [-0.4, -0.2) is 19.7 Å². The molecule has 2 aromatic heterocycles. The lowest BCUT2D eigenvalue weighted by molar-refractivity contribution is 0.286. The minimum atomic E-state index is 0.0389. The first-order chi connectivity index (χ1) is 15.4. The highest BCUT2D eigenvalue weighted by Gasteiger charge is 2.14. The lowest BCUT2D eigenvalue weighted by Crippen LogP contribution is -2.08. The van der Waals surface area contributed by atoms with Gasteiger partial charge >= 0.3 is 0 Å². The Morgan fingerprint density at radius 3 is 2.59 bits per heavy atom. The molecular weight excluding hydrogens is 420 g/mol. The maximum atomic E-state index is 12.6. The van der Waals surface area contributed by atoms with Crippen molar-refractivity contribution in [3.63, 3.8) is 0 Å². The van der Waals surface area contributed by atoms with Gasteiger partial charge in [-0.1, -0.05) is 30.0 Å². The Bertz CT molecular complexity index is 1340. The lowest BCUT2D eigenvalue weighted by Gasteiger charge is -2.12. The minimum absolute atomic E-state index is 0.0389. The molecule has 32 heavy (non-hydrogen) atoms. The van der Waals surface area contributed by atoms with Gasteiger partial charge in [-0.3, -0.25) is 4.79 Å². The van der Waals surface area contributed by atoms with E-state index < -0.39 is 0 Å². The van der Waals surface area contributed by atoms with Gasteiger partial charge in [-0.2, -0.15) is 0 Å². The second-order valence-electron chi connectivity index (χ2n) is 8.01. The number of pyridine rings is 1. The number of thioether (sulfide) groups is 1. The molecule has 4 rings (SSSR count). The van der Waals surface area contributed by atoms with Crippen molar-refractivity contribution < 1.29 is 4.74 Å². The average Bonchev–Trinajstić information content (AvgIpc) is 3.18. The van der Waals surface area contributed by atoms with Crippen molar-refractivity contribution in [1.29, 1.82) is 0 Å². The predicted molar refractivity (Wildman–Crippen MR) is 130 cm³/mol. The van der Waals surface area contributed by atoms with Gasteiger partial charge in [0.05, 0.1) is 5.52 Å². The first-order valence-corrected chi connectivity index (χ1v) is 11.7. The SMILES string of the molecule is CCn1c(COc2cccc(C)c2C)nnc1SCc1cc(=O)c2ccc(C)c(C)c2[nH]1. The zero-order valence-electron chi connectivity index (χ0n) is 19.2. The molecule has 4 aromatic rings. The first kappa shape index (κ1) is 22.1. The first-order valence-electron chi connectivity index (χ1n) is 10.7. The van der Waals surface area contributed by atoms with E-state index in [1.165, 1.54) is 5.56 Å². The number of nitrogens with one attached hydrogen (secondary N) is 1. The summed E-state index contributed by atoms with van der Waals surface area (Å²) in [4.78, 5) is 16.0. The van der Waals surface area contributed by atoms with Crippen LogP contribution in [0.1, 0.15) is 40.7 Å². The van der Waals surface area contributed by atoms with Gasteiger partial charge in [-0.15, -0.1) is 10.2 Å². The largest absolute Gasteiger partial charge is 0.485 e. The molecule has 6 nitrogen and oxygen atoms in total. The molecule has 0 radical (unpaired) electrons. The third kappa shape index (κ3) is 4.30. The number of H-pyrrole nitrogens is 1. The zero-order chi connectivity index (χ0) is 22.8. The number of hydrogen-bond donors (Lipinski definition) is 1. The summed E-state index contributed by atoms with van der Waals surface area (Å²) < 4.78 is 8.09. The van der Waals surface area contributed by atoms with Crippen molar-refractivity contribution >= 4 is 22.7 Å². The molecular formula is C25H28N4O2S. The van der Waals surface area contributed by atoms with Crippen LogP contribution in [0.5, 0.6) is 5.75 Å². The van der Waals surface area contributed by atoms with Crippen LogP contribution in [0.15, 0.2) is 46.3 Å². The quantitative estimate of drug-likeness (QED) is 0.391. The van der Waals surface area contributed by atoms with Crippen LogP contribution in [-0.2, 0) is 18.9 Å². The zero-order valence-corrected chi connectivity index (χ0v) is 20.0. The van der Waals surface area contributed by atoms with E-state index in [1.54, 1.807) is 17.8 Å². The Hall–Kier alpha value is -3.06. The van der Waals surface area contributed by atoms with Gasteiger partial charge in [0.25, 0.3) is 0 Å². The van der Waals surface area contributed by atoms with Gasteiger partial charge < -0.3 is 14.3 Å². The summed E-state index contributed by atoms with van der Waals surface area (Å²) in [6.45, 7) is 11.4. The molecule has 0 aliphatic heterocycles. The molecule has 0 spiro atoms. The molecule has 7 heteroatoms. The fraction of sp³-hybridized carbons (Fsp3) is 0.320. The topological polar surface area (TPSA) is 72.8 Å². The van der Waals surface area contributed by atoms with Gasteiger partial charge in [0, 0.05) is 29.4 Å². The average molecular weight is 449 g/mol. The van der Waals surface area contributed by atoms with Crippen LogP contribution >= 0.6 is 11.8 Å². The third-order valence-electron chi connectivity index (χ3n) is 5.97. The van der Waals surface area contributed by atoms with E-state index >= 15 is 0 Å². The standard InChI is InChI=1S/C25H28N4O2S/c1-6-29-23(13-31-22-9-7-8-15(2)17(22)4)27-28-25(29)32-14-19-12-21(30)20-11-10-16(3)18(5)24(20)26-19/h7-12H,6,13-14H2,1-5H3,(H,26,30). The summed E-state index contributed by atoms with van der Waals surface area (Å²) in [5, 5.41) is 10.3. The van der Waals surface area contributed by atoms with E-state index in [0.717, 1.165) is 56.6 Å². The molecule has 0 atom stereocenters. The number of aryl methyl sites for hydroxylation is 3. The Labute approximate surface area is 192 Å². The van der Waals surface area contributed by atoms with Gasteiger partial charge in [0.1, 0.15) is 12.4 Å². The number of fused-ring (bicyclic) bond motifs is 1. The van der Waals surface area contributed by atoms with Crippen molar-refractivity contribution in [3.05, 3.63) is 80.4 Å². The second-order valence-corrected chi connectivity index (χ2v) is 8.95. The molecule has 0 bridgehead atoms. The maximum absolute atomic E-state index is 12.6. The summed E-state index contributed by atoms with van der Waals surface area (Å²) >= 11 is 1.56. The van der Waals surface area contributed by atoms with Crippen LogP contribution in [0.2, 0.25) is 0 Å². The van der Waals surface area contributed by atoms with Crippen LogP contribution < -0.4 is 10.2 Å². The summed E-state index contributed by atoms with van der Waals surface area (Å²) in [6.07, 6.45) is 0. The van der Waals surface area contributed by atoms with Gasteiger partial charge in [0.2, 0.25) is 0 Å². The molecule has 166 valence electrons. The highest BCUT2D eigenvalue weighted by Crippen LogP contribution is 2.25. The highest BCUT2D eigenvalue weighted by atomic mass is 32.2. The smallest absolute Gasteiger partial charge is 0.191 e. The molecule has 0 aliphatic rings. The maximum Gasteiger partial charge on any atom is 0.191 e. The van der Waals surface area contributed by atoms with E-state index in [9.17, 15) is 4.79 Å². The Kier molecular flexibility index (Phi) is 6.37. The molecule has 2 aromatic carbocycles. The number of rotatable bonds is 7. The van der Waals surface area contributed by atoms with E-state index in [0.29, 0.717) is 12.4 Å². The van der Waals surface area contributed by atoms with Crippen molar-refractivity contribution in [2.75, 3.05) is 0 Å². The van der Waals surface area contributed by atoms with Crippen LogP contribution in [0, 0.1) is 27.7 Å². The molecule has 0 unspecified atom stereocenters. The summed E-state index contributed by atoms with van der Waals surface area (Å²) in [5.74, 6) is 2.26. The molecule has 1 N–H and O–H groups in total. The summed E-state index contributed by atoms with van der Waals surface area (Å²) in [5.41, 5.74) is 6.43. The molecule has 0 saturated heterocycles. The fourth-order valence-corrected chi connectivity index (χ4v) is 4.64. The van der Waals surface area contributed by atoms with E-state index in [-0.39, 0.29) is 5.43 Å². The fourth-order valence-electron chi connectivity index (χ4n) is 3.71. The molecule has 0 saturated carbocycles. The van der Waals surface area contributed by atoms with Crippen molar-refractivity contribution in [2.45, 2.75) is 58.7 Å². The Morgan fingerprint density at radius 2 is 1.81 bits per heavy atom. The van der Waals surface area contributed by atoms with Gasteiger partial charge in [0.15, 0.2) is 16.4 Å². The normalized spacial score (nSPS) is 11.3. The minimum Gasteiger partial charge on any atom is -0.485 e. The number of ether oxygens (including phenoxy) is 1. The molecule has 0 aliphatic carbocycles. The van der Waals surface area contributed by atoms with E-state index in [4.69, 9.17) is 4.74 Å². The Morgan fingerprint density at radius 1 is 1.03 bits per heavy atom. The van der Waals surface area contributed by atoms with Crippen LogP contribution in [0.3, 0.4) is 0 Å². The van der Waals surface area contributed by atoms with Crippen LogP contribution in [0.25, 0.3) is 10.9 Å². The Balaban J connectivity index is 1.52. The summed E-state index contributed by atoms with van der Waals surface area (Å²) in [7, 11) is 0. The number of aromatic nitrogens is 4. The number of nitrogens with zero attached hydrogens (tertiary/aromatic N) is 3. The van der Waals surface area contributed by atoms with Crippen LogP contribution in [0.4, 0.5) is 0 Å². The summed E-state index contributed by atoms with van der Waals surface area (Å²) in [6, 6.07) is 11.6. The second kappa shape index (κ2) is 9.20. The lowest BCUT2D eigenvalue weighted by atomic mass is 10.0. The van der Waals surface area contributed by atoms with Gasteiger partial charge in [-0.25, -0.2) is 0 Å². The number of hydrogen-bond acceptors (Lipinski definition) is 5. The van der Waals surface area contributed by atoms with E-state index in [1.807, 2.05) is 31.2 Å². The monoisotopic (exact) mass is 448 g/mol. The van der Waals surface area contributed by atoms with E-state index in [2.05, 4.69) is 53.5 Å². The molecule has 0 amide bonds.